The van der Waals surface area contributed by atoms with Crippen molar-refractivity contribution in [1.29, 1.82) is 0 Å². The number of rotatable bonds is 6. The number of benzene rings is 3. The molecular formula is C24H20N4O3. The Bertz CT molecular complexity index is 1210. The second-order valence-electron chi connectivity index (χ2n) is 6.99. The van der Waals surface area contributed by atoms with Gasteiger partial charge in [0.1, 0.15) is 17.3 Å². The van der Waals surface area contributed by atoms with Gasteiger partial charge >= 0.3 is 0 Å². The molecule has 0 radical (unpaired) electrons. The van der Waals surface area contributed by atoms with Crippen molar-refractivity contribution in [3.05, 3.63) is 84.6 Å². The van der Waals surface area contributed by atoms with E-state index in [9.17, 15) is 0 Å². The third-order valence-electron chi connectivity index (χ3n) is 4.68. The second-order valence-corrected chi connectivity index (χ2v) is 6.99. The minimum absolute atomic E-state index is 0.237. The highest BCUT2D eigenvalue weighted by molar-refractivity contribution is 5.64. The molecular weight excluding hydrogens is 392 g/mol. The quantitative estimate of drug-likeness (QED) is 0.415. The van der Waals surface area contributed by atoms with Crippen LogP contribution in [0.3, 0.4) is 0 Å². The van der Waals surface area contributed by atoms with E-state index in [4.69, 9.17) is 14.2 Å². The highest BCUT2D eigenvalue weighted by atomic mass is 16.7. The summed E-state index contributed by atoms with van der Waals surface area (Å²) in [6.45, 7) is 2.19. The van der Waals surface area contributed by atoms with Crippen molar-refractivity contribution in [3.8, 4) is 23.0 Å². The van der Waals surface area contributed by atoms with Crippen molar-refractivity contribution in [1.82, 2.24) is 9.97 Å². The summed E-state index contributed by atoms with van der Waals surface area (Å²) in [5.41, 5.74) is 2.60. The summed E-state index contributed by atoms with van der Waals surface area (Å²) in [6.07, 6.45) is 1.77. The van der Waals surface area contributed by atoms with Crippen molar-refractivity contribution in [2.45, 2.75) is 6.92 Å². The Morgan fingerprint density at radius 1 is 0.806 bits per heavy atom. The minimum Gasteiger partial charge on any atom is -0.457 e. The Hall–Kier alpha value is -4.26. The molecule has 31 heavy (non-hydrogen) atoms. The molecule has 0 saturated heterocycles. The first-order chi connectivity index (χ1) is 15.2. The highest BCUT2D eigenvalue weighted by Crippen LogP contribution is 2.35. The van der Waals surface area contributed by atoms with Gasteiger partial charge in [0.25, 0.3) is 0 Å². The molecule has 1 aliphatic rings. The van der Waals surface area contributed by atoms with E-state index in [1.54, 1.807) is 6.20 Å². The number of anilines is 4. The normalized spacial score (nSPS) is 11.8. The molecule has 154 valence electrons. The first kappa shape index (κ1) is 18.7. The van der Waals surface area contributed by atoms with Crippen LogP contribution >= 0.6 is 0 Å². The number of hydrogen-bond donors (Lipinski definition) is 2. The standard InChI is InChI=1S/C24H20N4O3/c1-16-14-25-24(27-18-10-11-21-22(13-18)30-15-29-21)28-23(16)26-17-6-5-9-20(12-17)31-19-7-3-2-4-8-19/h2-14H,15H2,1H3,(H2,25,26,27,28). The van der Waals surface area contributed by atoms with Crippen LogP contribution in [0.1, 0.15) is 5.56 Å². The lowest BCUT2D eigenvalue weighted by Crippen LogP contribution is -2.03. The van der Waals surface area contributed by atoms with Crippen LogP contribution in [0.5, 0.6) is 23.0 Å². The van der Waals surface area contributed by atoms with Crippen LogP contribution in [0.15, 0.2) is 79.0 Å². The number of fused-ring (bicyclic) bond motifs is 1. The zero-order chi connectivity index (χ0) is 21.0. The predicted molar refractivity (Wildman–Crippen MR) is 119 cm³/mol. The van der Waals surface area contributed by atoms with Crippen molar-refractivity contribution in [3.63, 3.8) is 0 Å². The average Bonchev–Trinajstić information content (AvgIpc) is 3.25. The van der Waals surface area contributed by atoms with Crippen LogP contribution in [0, 0.1) is 6.92 Å². The molecule has 0 aliphatic carbocycles. The van der Waals surface area contributed by atoms with Gasteiger partial charge in [0.15, 0.2) is 11.5 Å². The van der Waals surface area contributed by atoms with E-state index in [-0.39, 0.29) is 6.79 Å². The number of ether oxygens (including phenoxy) is 3. The lowest BCUT2D eigenvalue weighted by Gasteiger charge is -2.12. The lowest BCUT2D eigenvalue weighted by atomic mass is 10.2. The van der Waals surface area contributed by atoms with E-state index in [0.717, 1.165) is 34.2 Å². The molecule has 5 rings (SSSR count). The predicted octanol–water partition coefficient (Wildman–Crippen LogP) is 5.79. The molecule has 0 spiro atoms. The monoisotopic (exact) mass is 412 g/mol. The molecule has 0 saturated carbocycles. The lowest BCUT2D eigenvalue weighted by molar-refractivity contribution is 0.174. The fourth-order valence-corrected chi connectivity index (χ4v) is 3.13. The Morgan fingerprint density at radius 2 is 1.61 bits per heavy atom. The van der Waals surface area contributed by atoms with Crippen LogP contribution in [0.25, 0.3) is 0 Å². The van der Waals surface area contributed by atoms with Crippen LogP contribution in [-0.4, -0.2) is 16.8 Å². The molecule has 0 fully saturated rings. The maximum absolute atomic E-state index is 5.92. The van der Waals surface area contributed by atoms with E-state index in [1.165, 1.54) is 0 Å². The molecule has 7 nitrogen and oxygen atoms in total. The van der Waals surface area contributed by atoms with Crippen molar-refractivity contribution >= 4 is 23.1 Å². The molecule has 2 heterocycles. The van der Waals surface area contributed by atoms with Crippen molar-refractivity contribution < 1.29 is 14.2 Å². The Kier molecular flexibility index (Phi) is 4.98. The second kappa shape index (κ2) is 8.23. The zero-order valence-electron chi connectivity index (χ0n) is 16.8. The summed E-state index contributed by atoms with van der Waals surface area (Å²) >= 11 is 0. The number of para-hydroxylation sites is 1. The number of nitrogens with one attached hydrogen (secondary N) is 2. The third kappa shape index (κ3) is 4.35. The van der Waals surface area contributed by atoms with Crippen LogP contribution < -0.4 is 24.8 Å². The van der Waals surface area contributed by atoms with E-state index in [0.29, 0.717) is 17.5 Å². The average molecular weight is 412 g/mol. The van der Waals surface area contributed by atoms with Crippen LogP contribution in [0.4, 0.5) is 23.1 Å². The number of nitrogens with zero attached hydrogens (tertiary/aromatic N) is 2. The largest absolute Gasteiger partial charge is 0.457 e. The van der Waals surface area contributed by atoms with Crippen molar-refractivity contribution in [2.24, 2.45) is 0 Å². The fourth-order valence-electron chi connectivity index (χ4n) is 3.13. The van der Waals surface area contributed by atoms with Crippen LogP contribution in [0.2, 0.25) is 0 Å². The topological polar surface area (TPSA) is 77.5 Å². The smallest absolute Gasteiger partial charge is 0.231 e. The summed E-state index contributed by atoms with van der Waals surface area (Å²) in [6, 6.07) is 23.0. The van der Waals surface area contributed by atoms with Gasteiger partial charge in [-0.2, -0.15) is 4.98 Å². The summed E-state index contributed by atoms with van der Waals surface area (Å²) in [5.74, 6) is 4.13. The van der Waals surface area contributed by atoms with E-state index < -0.39 is 0 Å². The van der Waals surface area contributed by atoms with E-state index >= 15 is 0 Å². The Balaban J connectivity index is 1.33. The van der Waals surface area contributed by atoms with Gasteiger partial charge < -0.3 is 24.8 Å². The molecule has 2 N–H and O–H groups in total. The zero-order valence-corrected chi connectivity index (χ0v) is 16.8. The highest BCUT2D eigenvalue weighted by Gasteiger charge is 2.14. The molecule has 1 aromatic heterocycles. The van der Waals surface area contributed by atoms with Gasteiger partial charge in [-0.05, 0) is 43.3 Å². The van der Waals surface area contributed by atoms with Gasteiger partial charge in [-0.15, -0.1) is 0 Å². The van der Waals surface area contributed by atoms with Gasteiger partial charge in [-0.25, -0.2) is 4.98 Å². The number of hydrogen-bond acceptors (Lipinski definition) is 7. The van der Waals surface area contributed by atoms with Crippen LogP contribution in [-0.2, 0) is 0 Å². The Labute approximate surface area is 179 Å². The van der Waals surface area contributed by atoms with Gasteiger partial charge in [-0.1, -0.05) is 24.3 Å². The third-order valence-corrected chi connectivity index (χ3v) is 4.68. The maximum Gasteiger partial charge on any atom is 0.231 e. The Morgan fingerprint density at radius 3 is 2.52 bits per heavy atom. The fraction of sp³-hybridized carbons (Fsp3) is 0.0833. The molecule has 0 amide bonds. The van der Waals surface area contributed by atoms with Gasteiger partial charge in [-0.3, -0.25) is 0 Å². The van der Waals surface area contributed by atoms with E-state index in [2.05, 4.69) is 20.6 Å². The molecule has 0 atom stereocenters. The minimum atomic E-state index is 0.237. The first-order valence-corrected chi connectivity index (χ1v) is 9.83. The van der Waals surface area contributed by atoms with Gasteiger partial charge in [0, 0.05) is 35.3 Å². The summed E-state index contributed by atoms with van der Waals surface area (Å²) < 4.78 is 16.7. The van der Waals surface area contributed by atoms with E-state index in [1.807, 2.05) is 79.7 Å². The van der Waals surface area contributed by atoms with Gasteiger partial charge in [0.05, 0.1) is 0 Å². The molecule has 0 unspecified atom stereocenters. The molecule has 7 heteroatoms. The molecule has 3 aromatic carbocycles. The summed E-state index contributed by atoms with van der Waals surface area (Å²) in [4.78, 5) is 9.01. The first-order valence-electron chi connectivity index (χ1n) is 9.83. The number of aryl methyl sites for hydroxylation is 1. The van der Waals surface area contributed by atoms with Gasteiger partial charge in [0.2, 0.25) is 12.7 Å². The molecule has 4 aromatic rings. The summed E-state index contributed by atoms with van der Waals surface area (Å²) in [7, 11) is 0. The number of aromatic nitrogens is 2. The maximum atomic E-state index is 5.92. The SMILES string of the molecule is Cc1cnc(Nc2ccc3c(c2)OCO3)nc1Nc1cccc(Oc2ccccc2)c1. The molecule has 1 aliphatic heterocycles. The van der Waals surface area contributed by atoms with Crippen molar-refractivity contribution in [2.75, 3.05) is 17.4 Å². The molecule has 0 bridgehead atoms. The summed E-state index contributed by atoms with van der Waals surface area (Å²) in [5, 5.41) is 6.56.